The summed E-state index contributed by atoms with van der Waals surface area (Å²) in [5.41, 5.74) is 9.06. The molecule has 0 spiro atoms. The smallest absolute Gasteiger partial charge is 0.0210 e. The van der Waals surface area contributed by atoms with Gasteiger partial charge in [-0.25, -0.2) is 0 Å². The Balaban J connectivity index is 2.48. The van der Waals surface area contributed by atoms with Crippen LogP contribution in [0.5, 0.6) is 0 Å². The molecule has 0 amide bonds. The molecule has 2 heteroatoms. The van der Waals surface area contributed by atoms with Gasteiger partial charge in [-0.1, -0.05) is 28.1 Å². The van der Waals surface area contributed by atoms with Crippen molar-refractivity contribution in [2.45, 2.75) is 44.6 Å². The molecular formula is C13H18BrN. The summed E-state index contributed by atoms with van der Waals surface area (Å²) in [6.07, 6.45) is 3.65. The topological polar surface area (TPSA) is 26.0 Å². The lowest BCUT2D eigenvalue weighted by Gasteiger charge is -2.36. The van der Waals surface area contributed by atoms with Crippen molar-refractivity contribution >= 4 is 15.9 Å². The second-order valence-electron chi connectivity index (χ2n) is 5.07. The van der Waals surface area contributed by atoms with Gasteiger partial charge in [-0.3, -0.25) is 0 Å². The van der Waals surface area contributed by atoms with Crippen LogP contribution in [0.25, 0.3) is 0 Å². The largest absolute Gasteiger partial charge is 0.325 e. The van der Waals surface area contributed by atoms with Gasteiger partial charge in [0.1, 0.15) is 0 Å². The number of hydrogen-bond donors (Lipinski definition) is 1. The van der Waals surface area contributed by atoms with Gasteiger partial charge >= 0.3 is 0 Å². The third-order valence-corrected chi connectivity index (χ3v) is 4.09. The van der Waals surface area contributed by atoms with E-state index in [1.54, 1.807) is 0 Å². The van der Waals surface area contributed by atoms with Gasteiger partial charge in [-0.2, -0.15) is 0 Å². The quantitative estimate of drug-likeness (QED) is 0.827. The zero-order valence-electron chi connectivity index (χ0n) is 9.39. The molecule has 0 radical (unpaired) electrons. The first kappa shape index (κ1) is 11.2. The fraction of sp³-hybridized carbons (Fsp3) is 0.538. The van der Waals surface area contributed by atoms with Crippen molar-refractivity contribution in [2.75, 3.05) is 0 Å². The highest BCUT2D eigenvalue weighted by molar-refractivity contribution is 9.10. The van der Waals surface area contributed by atoms with Gasteiger partial charge in [0.15, 0.2) is 0 Å². The van der Waals surface area contributed by atoms with Crippen LogP contribution in [0.4, 0.5) is 0 Å². The normalized spacial score (nSPS) is 21.2. The third kappa shape index (κ3) is 2.11. The van der Waals surface area contributed by atoms with E-state index < -0.39 is 0 Å². The lowest BCUT2D eigenvalue weighted by atomic mass is 9.73. The maximum atomic E-state index is 6.26. The van der Waals surface area contributed by atoms with E-state index >= 15 is 0 Å². The van der Waals surface area contributed by atoms with Gasteiger partial charge in [0.25, 0.3) is 0 Å². The van der Waals surface area contributed by atoms with Crippen LogP contribution in [-0.4, -0.2) is 5.54 Å². The number of halogens is 1. The van der Waals surface area contributed by atoms with Crippen LogP contribution in [0.15, 0.2) is 22.7 Å². The summed E-state index contributed by atoms with van der Waals surface area (Å²) in [4.78, 5) is 0. The zero-order chi connectivity index (χ0) is 11.1. The Morgan fingerprint density at radius 2 is 2.13 bits per heavy atom. The molecule has 1 atom stereocenters. The fourth-order valence-electron chi connectivity index (χ4n) is 2.58. The Morgan fingerprint density at radius 3 is 2.80 bits per heavy atom. The molecule has 0 saturated carbocycles. The van der Waals surface area contributed by atoms with Crippen molar-refractivity contribution in [3.8, 4) is 0 Å². The Bertz CT molecular complexity index is 365. The molecule has 1 aliphatic rings. The maximum absolute atomic E-state index is 6.26. The van der Waals surface area contributed by atoms with Crippen molar-refractivity contribution in [2.24, 2.45) is 5.73 Å². The molecule has 2 N–H and O–H groups in total. The standard InChI is InChI=1S/C13H18BrN/c1-13(2,15)11-7-3-6-10-9(11)5-4-8-12(10)14/h4-5,8,11H,3,6-7,15H2,1-2H3. The molecule has 1 unspecified atom stereocenters. The van der Waals surface area contributed by atoms with Crippen LogP contribution in [0.3, 0.4) is 0 Å². The molecule has 0 fully saturated rings. The molecule has 2 rings (SSSR count). The summed E-state index contributed by atoms with van der Waals surface area (Å²) in [5, 5.41) is 0. The second kappa shape index (κ2) is 3.91. The molecular weight excluding hydrogens is 250 g/mol. The van der Waals surface area contributed by atoms with Crippen LogP contribution in [0, 0.1) is 0 Å². The van der Waals surface area contributed by atoms with Crippen molar-refractivity contribution in [1.29, 1.82) is 0 Å². The molecule has 0 bridgehead atoms. The fourth-order valence-corrected chi connectivity index (χ4v) is 3.16. The van der Waals surface area contributed by atoms with Crippen molar-refractivity contribution < 1.29 is 0 Å². The number of hydrogen-bond acceptors (Lipinski definition) is 1. The van der Waals surface area contributed by atoms with Crippen molar-refractivity contribution in [3.05, 3.63) is 33.8 Å². The molecule has 15 heavy (non-hydrogen) atoms. The summed E-state index contributed by atoms with van der Waals surface area (Å²) in [7, 11) is 0. The van der Waals surface area contributed by atoms with Gasteiger partial charge in [-0.05, 0) is 50.3 Å². The highest BCUT2D eigenvalue weighted by Crippen LogP contribution is 2.40. The third-order valence-electron chi connectivity index (χ3n) is 3.35. The molecule has 1 aliphatic carbocycles. The molecule has 0 heterocycles. The summed E-state index contributed by atoms with van der Waals surface area (Å²) >= 11 is 3.64. The molecule has 0 saturated heterocycles. The first-order valence-electron chi connectivity index (χ1n) is 5.56. The SMILES string of the molecule is CC(C)(N)C1CCCc2c(Br)cccc21. The van der Waals surface area contributed by atoms with E-state index in [0.29, 0.717) is 5.92 Å². The Labute approximate surface area is 100 Å². The van der Waals surface area contributed by atoms with Crippen LogP contribution in [0.2, 0.25) is 0 Å². The number of nitrogens with two attached hydrogens (primary N) is 1. The van der Waals surface area contributed by atoms with Gasteiger partial charge < -0.3 is 5.73 Å². The first-order chi connectivity index (χ1) is 7.00. The zero-order valence-corrected chi connectivity index (χ0v) is 11.0. The monoisotopic (exact) mass is 267 g/mol. The average Bonchev–Trinajstić information content (AvgIpc) is 2.16. The average molecular weight is 268 g/mol. The number of rotatable bonds is 1. The summed E-state index contributed by atoms with van der Waals surface area (Å²) < 4.78 is 1.24. The Hall–Kier alpha value is -0.340. The van der Waals surface area contributed by atoms with Crippen LogP contribution >= 0.6 is 15.9 Å². The highest BCUT2D eigenvalue weighted by atomic mass is 79.9. The minimum absolute atomic E-state index is 0.115. The maximum Gasteiger partial charge on any atom is 0.0210 e. The summed E-state index contributed by atoms with van der Waals surface area (Å²) in [6, 6.07) is 6.48. The van der Waals surface area contributed by atoms with Crippen LogP contribution in [-0.2, 0) is 6.42 Å². The number of benzene rings is 1. The molecule has 1 aromatic rings. The van der Waals surface area contributed by atoms with Crippen molar-refractivity contribution in [3.63, 3.8) is 0 Å². The van der Waals surface area contributed by atoms with Gasteiger partial charge in [0.05, 0.1) is 0 Å². The summed E-state index contributed by atoms with van der Waals surface area (Å²) in [6.45, 7) is 4.27. The van der Waals surface area contributed by atoms with E-state index in [-0.39, 0.29) is 5.54 Å². The van der Waals surface area contributed by atoms with Crippen molar-refractivity contribution in [1.82, 2.24) is 0 Å². The summed E-state index contributed by atoms with van der Waals surface area (Å²) in [5.74, 6) is 0.499. The minimum Gasteiger partial charge on any atom is -0.325 e. The van der Waals surface area contributed by atoms with Gasteiger partial charge in [-0.15, -0.1) is 0 Å². The lowest BCUT2D eigenvalue weighted by Crippen LogP contribution is -2.40. The van der Waals surface area contributed by atoms with Gasteiger partial charge in [0.2, 0.25) is 0 Å². The van der Waals surface area contributed by atoms with Crippen LogP contribution < -0.4 is 5.73 Å². The molecule has 0 aliphatic heterocycles. The molecule has 0 aromatic heterocycles. The second-order valence-corrected chi connectivity index (χ2v) is 5.93. The van der Waals surface area contributed by atoms with E-state index in [4.69, 9.17) is 5.73 Å². The molecule has 1 nitrogen and oxygen atoms in total. The number of fused-ring (bicyclic) bond motifs is 1. The van der Waals surface area contributed by atoms with E-state index in [9.17, 15) is 0 Å². The predicted octanol–water partition coefficient (Wildman–Crippen LogP) is 3.61. The van der Waals surface area contributed by atoms with E-state index in [0.717, 1.165) is 0 Å². The van der Waals surface area contributed by atoms with E-state index in [1.807, 2.05) is 0 Å². The Morgan fingerprint density at radius 1 is 1.40 bits per heavy atom. The van der Waals surface area contributed by atoms with Gasteiger partial charge in [0, 0.05) is 15.9 Å². The van der Waals surface area contributed by atoms with E-state index in [2.05, 4.69) is 48.0 Å². The molecule has 1 aromatic carbocycles. The highest BCUT2D eigenvalue weighted by Gasteiger charge is 2.31. The Kier molecular flexibility index (Phi) is 2.91. The van der Waals surface area contributed by atoms with Crippen LogP contribution in [0.1, 0.15) is 43.7 Å². The van der Waals surface area contributed by atoms with E-state index in [1.165, 1.54) is 34.9 Å². The predicted molar refractivity (Wildman–Crippen MR) is 68.1 cm³/mol. The minimum atomic E-state index is -0.115. The first-order valence-corrected chi connectivity index (χ1v) is 6.35. The lowest BCUT2D eigenvalue weighted by molar-refractivity contribution is 0.368. The molecule has 82 valence electrons.